The molecule has 1 aromatic rings. The zero-order chi connectivity index (χ0) is 17.7. The predicted molar refractivity (Wildman–Crippen MR) is 95.8 cm³/mol. The molecule has 1 aromatic carbocycles. The van der Waals surface area contributed by atoms with E-state index in [0.717, 1.165) is 37.2 Å². The van der Waals surface area contributed by atoms with Crippen LogP contribution in [0.2, 0.25) is 0 Å². The van der Waals surface area contributed by atoms with E-state index in [1.54, 1.807) is 6.07 Å². The van der Waals surface area contributed by atoms with Gasteiger partial charge in [-0.05, 0) is 56.4 Å². The molecule has 0 aliphatic carbocycles. The van der Waals surface area contributed by atoms with Crippen molar-refractivity contribution in [2.24, 2.45) is 0 Å². The quantitative estimate of drug-likeness (QED) is 0.715. The van der Waals surface area contributed by atoms with Crippen molar-refractivity contribution in [3.8, 4) is 0 Å². The van der Waals surface area contributed by atoms with Crippen LogP contribution in [0.4, 0.5) is 10.1 Å². The van der Waals surface area contributed by atoms with Crippen LogP contribution in [0.5, 0.6) is 0 Å². The van der Waals surface area contributed by atoms with Crippen molar-refractivity contribution in [1.82, 2.24) is 5.32 Å². The van der Waals surface area contributed by atoms with Crippen LogP contribution < -0.4 is 10.2 Å². The van der Waals surface area contributed by atoms with Gasteiger partial charge in [-0.3, -0.25) is 0 Å². The maximum Gasteiger partial charge on any atom is 0.123 e. The normalized spacial score (nSPS) is 18.0. The second-order valence-electron chi connectivity index (χ2n) is 6.96. The lowest BCUT2D eigenvalue weighted by Crippen LogP contribution is -2.41. The highest BCUT2D eigenvalue weighted by molar-refractivity contribution is 5.55. The fourth-order valence-electron chi connectivity index (χ4n) is 3.22. The van der Waals surface area contributed by atoms with Crippen molar-refractivity contribution >= 4 is 5.69 Å². The first-order valence-electron chi connectivity index (χ1n) is 9.06. The molecule has 4 nitrogen and oxygen atoms in total. The highest BCUT2D eigenvalue weighted by Gasteiger charge is 2.25. The molecule has 136 valence electrons. The monoisotopic (exact) mass is 338 g/mol. The summed E-state index contributed by atoms with van der Waals surface area (Å²) in [6.45, 7) is 7.99. The van der Waals surface area contributed by atoms with Gasteiger partial charge in [0.2, 0.25) is 0 Å². The lowest BCUT2D eigenvalue weighted by atomic mass is 9.96. The van der Waals surface area contributed by atoms with Crippen LogP contribution in [-0.4, -0.2) is 41.6 Å². The average molecular weight is 338 g/mol. The number of anilines is 1. The maximum absolute atomic E-state index is 13.8. The van der Waals surface area contributed by atoms with Gasteiger partial charge < -0.3 is 20.4 Å². The van der Waals surface area contributed by atoms with Gasteiger partial charge in [0, 0.05) is 31.4 Å². The first kappa shape index (κ1) is 19.2. The van der Waals surface area contributed by atoms with E-state index in [1.807, 2.05) is 26.8 Å². The molecule has 1 saturated heterocycles. The van der Waals surface area contributed by atoms with E-state index in [2.05, 4.69) is 10.2 Å². The van der Waals surface area contributed by atoms with Gasteiger partial charge >= 0.3 is 0 Å². The SMILES string of the molecule is CCC(O)(CC)CNC(C)c1cc(F)ccc1N1CCC(O)CC1. The van der Waals surface area contributed by atoms with E-state index in [0.29, 0.717) is 19.4 Å². The topological polar surface area (TPSA) is 55.7 Å². The molecule has 5 heteroatoms. The lowest BCUT2D eigenvalue weighted by Gasteiger charge is -2.34. The Bertz CT molecular complexity index is 526. The largest absolute Gasteiger partial charge is 0.393 e. The van der Waals surface area contributed by atoms with Gasteiger partial charge in [0.15, 0.2) is 0 Å². The number of nitrogens with zero attached hydrogens (tertiary/aromatic N) is 1. The highest BCUT2D eigenvalue weighted by atomic mass is 19.1. The number of benzene rings is 1. The van der Waals surface area contributed by atoms with Crippen molar-refractivity contribution in [3.63, 3.8) is 0 Å². The zero-order valence-corrected chi connectivity index (χ0v) is 15.1. The van der Waals surface area contributed by atoms with Crippen LogP contribution in [0.15, 0.2) is 18.2 Å². The number of hydrogen-bond acceptors (Lipinski definition) is 4. The fourth-order valence-corrected chi connectivity index (χ4v) is 3.22. The van der Waals surface area contributed by atoms with E-state index < -0.39 is 5.60 Å². The molecule has 3 N–H and O–H groups in total. The molecule has 1 fully saturated rings. The summed E-state index contributed by atoms with van der Waals surface area (Å²) in [7, 11) is 0. The number of halogens is 1. The average Bonchev–Trinajstić information content (AvgIpc) is 2.60. The molecule has 1 heterocycles. The second-order valence-corrected chi connectivity index (χ2v) is 6.96. The minimum absolute atomic E-state index is 0.0628. The third-order valence-corrected chi connectivity index (χ3v) is 5.31. The van der Waals surface area contributed by atoms with E-state index in [9.17, 15) is 14.6 Å². The standard InChI is InChI=1S/C19H31FN2O2/c1-4-19(24,5-2)13-21-14(3)17-12-15(20)6-7-18(17)22-10-8-16(23)9-11-22/h6-7,12,14,16,21,23-24H,4-5,8-11,13H2,1-3H3. The van der Waals surface area contributed by atoms with Gasteiger partial charge in [-0.1, -0.05) is 13.8 Å². The zero-order valence-electron chi connectivity index (χ0n) is 15.1. The summed E-state index contributed by atoms with van der Waals surface area (Å²) in [5.41, 5.74) is 1.19. The number of aliphatic hydroxyl groups excluding tert-OH is 1. The van der Waals surface area contributed by atoms with Crippen LogP contribution in [0.3, 0.4) is 0 Å². The second kappa shape index (κ2) is 8.28. The van der Waals surface area contributed by atoms with Crippen LogP contribution in [-0.2, 0) is 0 Å². The smallest absolute Gasteiger partial charge is 0.123 e. The lowest BCUT2D eigenvalue weighted by molar-refractivity contribution is 0.0303. The minimum atomic E-state index is -0.725. The Kier molecular flexibility index (Phi) is 6.61. The summed E-state index contributed by atoms with van der Waals surface area (Å²) in [5, 5.41) is 23.5. The molecule has 0 spiro atoms. The Morgan fingerprint density at radius 3 is 2.50 bits per heavy atom. The maximum atomic E-state index is 13.8. The van der Waals surface area contributed by atoms with Gasteiger partial charge in [0.05, 0.1) is 11.7 Å². The van der Waals surface area contributed by atoms with Gasteiger partial charge in [-0.25, -0.2) is 4.39 Å². The van der Waals surface area contributed by atoms with Crippen molar-refractivity contribution in [1.29, 1.82) is 0 Å². The fraction of sp³-hybridized carbons (Fsp3) is 0.684. The van der Waals surface area contributed by atoms with Crippen LogP contribution >= 0.6 is 0 Å². The first-order valence-corrected chi connectivity index (χ1v) is 9.06. The van der Waals surface area contributed by atoms with Gasteiger partial charge in [-0.15, -0.1) is 0 Å². The Hall–Kier alpha value is -1.17. The summed E-state index contributed by atoms with van der Waals surface area (Å²) in [6, 6.07) is 4.83. The van der Waals surface area contributed by atoms with E-state index >= 15 is 0 Å². The molecule has 1 unspecified atom stereocenters. The molecule has 2 rings (SSSR count). The number of piperidine rings is 1. The molecule has 1 aliphatic heterocycles. The number of aliphatic hydroxyl groups is 2. The molecular formula is C19H31FN2O2. The van der Waals surface area contributed by atoms with Gasteiger partial charge in [0.25, 0.3) is 0 Å². The Morgan fingerprint density at radius 2 is 1.92 bits per heavy atom. The Morgan fingerprint density at radius 1 is 1.29 bits per heavy atom. The van der Waals surface area contributed by atoms with Crippen molar-refractivity contribution in [2.75, 3.05) is 24.5 Å². The van der Waals surface area contributed by atoms with E-state index in [-0.39, 0.29) is 18.0 Å². The molecule has 0 bridgehead atoms. The van der Waals surface area contributed by atoms with E-state index in [1.165, 1.54) is 6.07 Å². The molecule has 1 atom stereocenters. The molecule has 0 saturated carbocycles. The number of rotatable bonds is 7. The van der Waals surface area contributed by atoms with Crippen molar-refractivity contribution in [2.45, 2.75) is 64.2 Å². The van der Waals surface area contributed by atoms with Crippen LogP contribution in [0.25, 0.3) is 0 Å². The summed E-state index contributed by atoms with van der Waals surface area (Å²) >= 11 is 0. The Balaban J connectivity index is 2.14. The highest BCUT2D eigenvalue weighted by Crippen LogP contribution is 2.30. The third-order valence-electron chi connectivity index (χ3n) is 5.31. The van der Waals surface area contributed by atoms with Crippen LogP contribution in [0, 0.1) is 5.82 Å². The predicted octanol–water partition coefficient (Wildman–Crippen LogP) is 2.99. The Labute approximate surface area is 144 Å². The molecule has 0 aromatic heterocycles. The molecule has 1 aliphatic rings. The van der Waals surface area contributed by atoms with Gasteiger partial charge in [0.1, 0.15) is 5.82 Å². The summed E-state index contributed by atoms with van der Waals surface area (Å²) in [4.78, 5) is 2.21. The van der Waals surface area contributed by atoms with Gasteiger partial charge in [-0.2, -0.15) is 0 Å². The van der Waals surface area contributed by atoms with E-state index in [4.69, 9.17) is 0 Å². The minimum Gasteiger partial charge on any atom is -0.393 e. The van der Waals surface area contributed by atoms with Crippen molar-refractivity contribution < 1.29 is 14.6 Å². The number of hydrogen-bond donors (Lipinski definition) is 3. The molecular weight excluding hydrogens is 307 g/mol. The molecule has 0 radical (unpaired) electrons. The first-order chi connectivity index (χ1) is 11.4. The molecule has 24 heavy (non-hydrogen) atoms. The summed E-state index contributed by atoms with van der Waals surface area (Å²) in [5.74, 6) is -0.249. The molecule has 0 amide bonds. The summed E-state index contributed by atoms with van der Waals surface area (Å²) < 4.78 is 13.8. The van der Waals surface area contributed by atoms with Crippen LogP contribution in [0.1, 0.15) is 58.1 Å². The third kappa shape index (κ3) is 4.68. The summed E-state index contributed by atoms with van der Waals surface area (Å²) in [6.07, 6.45) is 2.62. The number of nitrogens with one attached hydrogen (secondary N) is 1. The van der Waals surface area contributed by atoms with Crippen molar-refractivity contribution in [3.05, 3.63) is 29.6 Å².